The number of esters is 1. The number of carbonyl (C=O) groups is 3. The van der Waals surface area contributed by atoms with Crippen molar-refractivity contribution in [2.75, 3.05) is 6.61 Å². The molecule has 1 fully saturated rings. The summed E-state index contributed by atoms with van der Waals surface area (Å²) in [6, 6.07) is 8.11. The van der Waals surface area contributed by atoms with Crippen LogP contribution in [0.4, 0.5) is 9.18 Å². The minimum Gasteiger partial charge on any atom is -0.464 e. The van der Waals surface area contributed by atoms with E-state index in [2.05, 4.69) is 0 Å². The number of benzene rings is 1. The fourth-order valence-electron chi connectivity index (χ4n) is 2.51. The highest BCUT2D eigenvalue weighted by Gasteiger charge is 2.41. The van der Waals surface area contributed by atoms with Gasteiger partial charge in [0.1, 0.15) is 23.4 Å². The Balaban J connectivity index is 1.80. The number of carbonyl (C=O) groups excluding carboxylic acids is 3. The zero-order valence-corrected chi connectivity index (χ0v) is 15.4. The second-order valence-electron chi connectivity index (χ2n) is 5.69. The Hall–Kier alpha value is -2.87. The number of nitrogens with zero attached hydrogens (tertiary/aromatic N) is 1. The summed E-state index contributed by atoms with van der Waals surface area (Å²) in [4.78, 5) is 37.5. The molecule has 2 heterocycles. The first kappa shape index (κ1) is 18.9. The maximum absolute atomic E-state index is 13.0. The molecule has 1 aliphatic rings. The summed E-state index contributed by atoms with van der Waals surface area (Å²) >= 11 is 0.729. The van der Waals surface area contributed by atoms with E-state index in [1.54, 1.807) is 31.2 Å². The van der Waals surface area contributed by atoms with E-state index in [9.17, 15) is 18.8 Å². The Bertz CT molecular complexity index is 918. The lowest BCUT2D eigenvalue weighted by atomic mass is 10.2. The van der Waals surface area contributed by atoms with Gasteiger partial charge in [-0.3, -0.25) is 14.5 Å². The minimum atomic E-state index is -1.00. The number of furan rings is 1. The SMILES string of the molecule is CCOC(=O)[C@@H](C)N1C(=O)S/C(=C\c2ccc(-c3ccc(F)cc3)o2)C1=O. The molecule has 27 heavy (non-hydrogen) atoms. The van der Waals surface area contributed by atoms with Gasteiger partial charge in [-0.15, -0.1) is 0 Å². The van der Waals surface area contributed by atoms with Crippen molar-refractivity contribution in [3.63, 3.8) is 0 Å². The third-order valence-corrected chi connectivity index (χ3v) is 4.75. The molecule has 6 nitrogen and oxygen atoms in total. The Morgan fingerprint density at radius 3 is 2.63 bits per heavy atom. The zero-order chi connectivity index (χ0) is 19.6. The molecule has 0 spiro atoms. The molecule has 0 saturated carbocycles. The normalized spacial score (nSPS) is 16.9. The number of halogens is 1. The van der Waals surface area contributed by atoms with E-state index in [1.165, 1.54) is 25.1 Å². The van der Waals surface area contributed by atoms with Gasteiger partial charge in [-0.25, -0.2) is 9.18 Å². The number of hydrogen-bond acceptors (Lipinski definition) is 6. The Labute approximate surface area is 159 Å². The lowest BCUT2D eigenvalue weighted by Gasteiger charge is -2.19. The van der Waals surface area contributed by atoms with Gasteiger partial charge in [0.2, 0.25) is 0 Å². The molecular weight excluding hydrogens is 373 g/mol. The number of thioether (sulfide) groups is 1. The molecule has 1 atom stereocenters. The fraction of sp³-hybridized carbons (Fsp3) is 0.211. The highest BCUT2D eigenvalue weighted by molar-refractivity contribution is 8.18. The van der Waals surface area contributed by atoms with Crippen molar-refractivity contribution >= 4 is 35.0 Å². The average Bonchev–Trinajstić information content (AvgIpc) is 3.20. The van der Waals surface area contributed by atoms with E-state index < -0.39 is 23.2 Å². The second kappa shape index (κ2) is 7.79. The van der Waals surface area contributed by atoms with Crippen molar-refractivity contribution in [1.82, 2.24) is 4.90 Å². The third-order valence-electron chi connectivity index (χ3n) is 3.87. The van der Waals surface area contributed by atoms with Crippen LogP contribution < -0.4 is 0 Å². The van der Waals surface area contributed by atoms with Crippen molar-refractivity contribution in [2.45, 2.75) is 19.9 Å². The number of ether oxygens (including phenoxy) is 1. The smallest absolute Gasteiger partial charge is 0.329 e. The van der Waals surface area contributed by atoms with Crippen LogP contribution in [0, 0.1) is 5.82 Å². The second-order valence-corrected chi connectivity index (χ2v) is 6.68. The highest BCUT2D eigenvalue weighted by Crippen LogP contribution is 2.34. The molecule has 3 rings (SSSR count). The van der Waals surface area contributed by atoms with E-state index in [1.807, 2.05) is 0 Å². The van der Waals surface area contributed by atoms with Gasteiger partial charge in [-0.1, -0.05) is 0 Å². The van der Waals surface area contributed by atoms with Crippen LogP contribution in [0.1, 0.15) is 19.6 Å². The summed E-state index contributed by atoms with van der Waals surface area (Å²) in [6.07, 6.45) is 1.44. The standard InChI is InChI=1S/C19H16FNO5S/c1-3-25-18(23)11(2)21-17(22)16(27-19(21)24)10-14-8-9-15(26-14)12-4-6-13(20)7-5-12/h4-11H,3H2,1-2H3/b16-10-/t11-/m1/s1. The molecule has 2 amide bonds. The van der Waals surface area contributed by atoms with Crippen molar-refractivity contribution in [2.24, 2.45) is 0 Å². The van der Waals surface area contributed by atoms with Gasteiger partial charge in [-0.2, -0.15) is 0 Å². The van der Waals surface area contributed by atoms with Crippen molar-refractivity contribution in [3.8, 4) is 11.3 Å². The van der Waals surface area contributed by atoms with Crippen LogP contribution >= 0.6 is 11.8 Å². The third kappa shape index (κ3) is 3.95. The molecule has 0 radical (unpaired) electrons. The first-order valence-corrected chi connectivity index (χ1v) is 9.02. The lowest BCUT2D eigenvalue weighted by molar-refractivity contribution is -0.150. The minimum absolute atomic E-state index is 0.149. The molecule has 1 aromatic carbocycles. The van der Waals surface area contributed by atoms with Crippen LogP contribution in [0.3, 0.4) is 0 Å². The summed E-state index contributed by atoms with van der Waals surface area (Å²) in [5.74, 6) is -0.707. The maximum atomic E-state index is 13.0. The summed E-state index contributed by atoms with van der Waals surface area (Å²) in [5, 5.41) is -0.544. The van der Waals surface area contributed by atoms with Crippen molar-refractivity contribution in [3.05, 3.63) is 52.9 Å². The van der Waals surface area contributed by atoms with Crippen molar-refractivity contribution < 1.29 is 27.9 Å². The molecular formula is C19H16FNO5S. The first-order valence-electron chi connectivity index (χ1n) is 8.20. The van der Waals surface area contributed by atoms with E-state index in [-0.39, 0.29) is 17.3 Å². The van der Waals surface area contributed by atoms with Gasteiger partial charge in [0.25, 0.3) is 11.1 Å². The topological polar surface area (TPSA) is 76.8 Å². The van der Waals surface area contributed by atoms with Gasteiger partial charge >= 0.3 is 5.97 Å². The molecule has 8 heteroatoms. The predicted octanol–water partition coefficient (Wildman–Crippen LogP) is 4.07. The van der Waals surface area contributed by atoms with Crippen LogP contribution in [-0.4, -0.2) is 34.7 Å². The number of rotatable bonds is 5. The van der Waals surface area contributed by atoms with E-state index in [0.29, 0.717) is 17.1 Å². The molecule has 140 valence electrons. The zero-order valence-electron chi connectivity index (χ0n) is 14.6. The molecule has 1 saturated heterocycles. The highest BCUT2D eigenvalue weighted by atomic mass is 32.2. The van der Waals surface area contributed by atoms with Gasteiger partial charge in [0, 0.05) is 11.6 Å². The first-order chi connectivity index (χ1) is 12.9. The number of imide groups is 1. The molecule has 2 aromatic rings. The molecule has 0 aliphatic carbocycles. The Kier molecular flexibility index (Phi) is 5.46. The summed E-state index contributed by atoms with van der Waals surface area (Å²) in [7, 11) is 0. The molecule has 1 aliphatic heterocycles. The Morgan fingerprint density at radius 2 is 1.96 bits per heavy atom. The van der Waals surface area contributed by atoms with Crippen molar-refractivity contribution in [1.29, 1.82) is 0 Å². The van der Waals surface area contributed by atoms with E-state index in [4.69, 9.17) is 9.15 Å². The maximum Gasteiger partial charge on any atom is 0.329 e. The van der Waals surface area contributed by atoms with Gasteiger partial charge in [0.05, 0.1) is 11.5 Å². The van der Waals surface area contributed by atoms with Crippen LogP contribution in [0.15, 0.2) is 45.7 Å². The number of amides is 2. The largest absolute Gasteiger partial charge is 0.464 e. The van der Waals surface area contributed by atoms with Gasteiger partial charge < -0.3 is 9.15 Å². The molecule has 0 bridgehead atoms. The van der Waals surface area contributed by atoms with Crippen LogP contribution in [-0.2, 0) is 14.3 Å². The van der Waals surface area contributed by atoms with Crippen LogP contribution in [0.2, 0.25) is 0 Å². The summed E-state index contributed by atoms with van der Waals surface area (Å²) < 4.78 is 23.5. The van der Waals surface area contributed by atoms with E-state index in [0.717, 1.165) is 16.7 Å². The molecule has 1 aromatic heterocycles. The summed E-state index contributed by atoms with van der Waals surface area (Å²) in [5.41, 5.74) is 0.681. The average molecular weight is 389 g/mol. The van der Waals surface area contributed by atoms with Crippen LogP contribution in [0.25, 0.3) is 17.4 Å². The Morgan fingerprint density at radius 1 is 1.26 bits per heavy atom. The quantitative estimate of drug-likeness (QED) is 0.567. The molecule has 0 N–H and O–H groups in total. The fourth-order valence-corrected chi connectivity index (χ4v) is 3.40. The summed E-state index contributed by atoms with van der Waals surface area (Å²) in [6.45, 7) is 3.25. The lowest BCUT2D eigenvalue weighted by Crippen LogP contribution is -2.42. The predicted molar refractivity (Wildman–Crippen MR) is 98.0 cm³/mol. The van der Waals surface area contributed by atoms with Gasteiger partial charge in [0.15, 0.2) is 0 Å². The van der Waals surface area contributed by atoms with Gasteiger partial charge in [-0.05, 0) is 62.0 Å². The van der Waals surface area contributed by atoms with Crippen LogP contribution in [0.5, 0.6) is 0 Å². The molecule has 0 unspecified atom stereocenters. The number of hydrogen-bond donors (Lipinski definition) is 0. The van der Waals surface area contributed by atoms with E-state index >= 15 is 0 Å². The monoisotopic (exact) mass is 389 g/mol.